The second kappa shape index (κ2) is 4.74. The van der Waals surface area contributed by atoms with Crippen molar-refractivity contribution in [1.82, 2.24) is 10.2 Å². The van der Waals surface area contributed by atoms with Crippen molar-refractivity contribution in [2.75, 3.05) is 43.4 Å². The van der Waals surface area contributed by atoms with Crippen LogP contribution in [0.5, 0.6) is 0 Å². The molecule has 1 atom stereocenters. The van der Waals surface area contributed by atoms with Crippen molar-refractivity contribution in [3.63, 3.8) is 0 Å². The Bertz CT molecular complexity index is 115. The molecular weight excluding hydrogens is 188 g/mol. The van der Waals surface area contributed by atoms with Crippen LogP contribution in [0.3, 0.4) is 0 Å². The quantitative estimate of drug-likeness (QED) is 0.676. The molecule has 0 aromatic heterocycles. The highest BCUT2D eigenvalue weighted by Crippen LogP contribution is 2.21. The lowest BCUT2D eigenvalue weighted by molar-refractivity contribution is 0.274. The summed E-state index contributed by atoms with van der Waals surface area (Å²) >= 11 is 4.22. The van der Waals surface area contributed by atoms with Gasteiger partial charge in [0.05, 0.1) is 5.37 Å². The monoisotopic (exact) mass is 204 g/mol. The third-order valence-electron chi connectivity index (χ3n) is 2.36. The molecule has 0 saturated carbocycles. The maximum Gasteiger partial charge on any atom is 0.0684 e. The predicted molar refractivity (Wildman–Crippen MR) is 58.0 cm³/mol. The molecule has 2 saturated heterocycles. The van der Waals surface area contributed by atoms with Gasteiger partial charge in [0.2, 0.25) is 0 Å². The fraction of sp³-hybridized carbons (Fsp3) is 1.00. The number of rotatable bonds is 1. The van der Waals surface area contributed by atoms with E-state index in [-0.39, 0.29) is 0 Å². The van der Waals surface area contributed by atoms with Gasteiger partial charge in [-0.05, 0) is 0 Å². The van der Waals surface area contributed by atoms with Crippen LogP contribution in [0.2, 0.25) is 0 Å². The van der Waals surface area contributed by atoms with Crippen LogP contribution in [-0.2, 0) is 0 Å². The molecule has 0 aliphatic carbocycles. The molecule has 2 rings (SSSR count). The summed E-state index contributed by atoms with van der Waals surface area (Å²) in [5.74, 6) is 3.95. The molecule has 2 aliphatic heterocycles. The second-order valence-electron chi connectivity index (χ2n) is 3.18. The summed E-state index contributed by atoms with van der Waals surface area (Å²) in [5, 5.41) is 4.23. The van der Waals surface area contributed by atoms with Crippen molar-refractivity contribution < 1.29 is 0 Å². The van der Waals surface area contributed by atoms with E-state index in [4.69, 9.17) is 0 Å². The third-order valence-corrected chi connectivity index (χ3v) is 4.59. The topological polar surface area (TPSA) is 15.3 Å². The van der Waals surface area contributed by atoms with Gasteiger partial charge < -0.3 is 5.32 Å². The fourth-order valence-electron chi connectivity index (χ4n) is 1.65. The van der Waals surface area contributed by atoms with Crippen molar-refractivity contribution in [3.05, 3.63) is 0 Å². The van der Waals surface area contributed by atoms with Crippen molar-refractivity contribution in [2.24, 2.45) is 0 Å². The highest BCUT2D eigenvalue weighted by Gasteiger charge is 2.22. The Morgan fingerprint density at radius 1 is 1.17 bits per heavy atom. The van der Waals surface area contributed by atoms with E-state index in [1.165, 1.54) is 43.4 Å². The van der Waals surface area contributed by atoms with Gasteiger partial charge in [-0.1, -0.05) is 0 Å². The van der Waals surface area contributed by atoms with Crippen molar-refractivity contribution in [2.45, 2.75) is 5.37 Å². The van der Waals surface area contributed by atoms with Gasteiger partial charge in [-0.25, -0.2) is 0 Å². The number of thioether (sulfide) groups is 2. The Hall–Kier alpha value is 0.620. The third kappa shape index (κ3) is 2.31. The first-order valence-electron chi connectivity index (χ1n) is 4.61. The van der Waals surface area contributed by atoms with Crippen molar-refractivity contribution in [1.29, 1.82) is 0 Å². The Morgan fingerprint density at radius 3 is 2.67 bits per heavy atom. The molecular formula is C8H16N2S2. The average molecular weight is 204 g/mol. The molecule has 0 aromatic rings. The lowest BCUT2D eigenvalue weighted by Gasteiger charge is -2.36. The van der Waals surface area contributed by atoms with E-state index in [1.54, 1.807) is 0 Å². The molecule has 1 N–H and O–H groups in total. The van der Waals surface area contributed by atoms with Crippen LogP contribution in [0.4, 0.5) is 0 Å². The minimum atomic E-state index is 0.764. The minimum Gasteiger partial charge on any atom is -0.313 e. The van der Waals surface area contributed by atoms with Crippen LogP contribution in [0, 0.1) is 0 Å². The molecule has 0 spiro atoms. The van der Waals surface area contributed by atoms with Crippen molar-refractivity contribution in [3.8, 4) is 0 Å². The number of nitrogens with zero attached hydrogens (tertiary/aromatic N) is 1. The van der Waals surface area contributed by atoms with Gasteiger partial charge in [0, 0.05) is 43.4 Å². The molecule has 0 amide bonds. The summed E-state index contributed by atoms with van der Waals surface area (Å²) in [4.78, 5) is 2.63. The number of hydrogen-bond acceptors (Lipinski definition) is 4. The smallest absolute Gasteiger partial charge is 0.0684 e. The van der Waals surface area contributed by atoms with Crippen LogP contribution in [0.1, 0.15) is 0 Å². The molecule has 0 bridgehead atoms. The van der Waals surface area contributed by atoms with Gasteiger partial charge in [-0.15, -0.1) is 11.8 Å². The van der Waals surface area contributed by atoms with Gasteiger partial charge in [0.1, 0.15) is 0 Å². The largest absolute Gasteiger partial charge is 0.313 e. The number of nitrogens with one attached hydrogen (secondary N) is 1. The first-order valence-corrected chi connectivity index (χ1v) is 6.81. The van der Waals surface area contributed by atoms with Gasteiger partial charge in [0.25, 0.3) is 0 Å². The van der Waals surface area contributed by atoms with Crippen LogP contribution < -0.4 is 5.32 Å². The zero-order valence-electron chi connectivity index (χ0n) is 7.29. The van der Waals surface area contributed by atoms with Gasteiger partial charge in [-0.2, -0.15) is 11.8 Å². The van der Waals surface area contributed by atoms with Crippen LogP contribution in [-0.4, -0.2) is 53.7 Å². The highest BCUT2D eigenvalue weighted by molar-refractivity contribution is 8.00. The number of hydrogen-bond donors (Lipinski definition) is 1. The maximum atomic E-state index is 3.46. The first kappa shape index (κ1) is 9.19. The van der Waals surface area contributed by atoms with E-state index in [2.05, 4.69) is 33.7 Å². The van der Waals surface area contributed by atoms with E-state index in [1.807, 2.05) is 0 Å². The SMILES string of the molecule is C1CSC(N2CCSCC2)CN1. The van der Waals surface area contributed by atoms with Crippen LogP contribution in [0.15, 0.2) is 0 Å². The fourth-order valence-corrected chi connectivity index (χ4v) is 3.77. The minimum absolute atomic E-state index is 0.764. The van der Waals surface area contributed by atoms with E-state index in [9.17, 15) is 0 Å². The molecule has 2 aliphatic rings. The zero-order valence-corrected chi connectivity index (χ0v) is 8.92. The second-order valence-corrected chi connectivity index (χ2v) is 5.69. The molecule has 2 fully saturated rings. The normalized spacial score (nSPS) is 33.5. The molecule has 12 heavy (non-hydrogen) atoms. The standard InChI is InChI=1S/C8H16N2S2/c1-4-12-8(7-9-1)10-2-5-11-6-3-10/h8-9H,1-7H2. The summed E-state index contributed by atoms with van der Waals surface area (Å²) in [6.07, 6.45) is 0. The Morgan fingerprint density at radius 2 is 2.00 bits per heavy atom. The molecule has 2 nitrogen and oxygen atoms in total. The molecule has 4 heteroatoms. The van der Waals surface area contributed by atoms with E-state index in [0.29, 0.717) is 0 Å². The first-order chi connectivity index (χ1) is 5.97. The summed E-state index contributed by atoms with van der Waals surface area (Å²) in [6, 6.07) is 0. The van der Waals surface area contributed by atoms with Gasteiger partial charge in [-0.3, -0.25) is 4.90 Å². The van der Waals surface area contributed by atoms with E-state index >= 15 is 0 Å². The summed E-state index contributed by atoms with van der Waals surface area (Å²) < 4.78 is 0. The molecule has 2 heterocycles. The highest BCUT2D eigenvalue weighted by atomic mass is 32.2. The van der Waals surface area contributed by atoms with Gasteiger partial charge >= 0.3 is 0 Å². The Kier molecular flexibility index (Phi) is 3.63. The lowest BCUT2D eigenvalue weighted by Crippen LogP contribution is -2.47. The Labute approximate surface area is 82.8 Å². The molecule has 0 radical (unpaired) electrons. The zero-order chi connectivity index (χ0) is 8.23. The van der Waals surface area contributed by atoms with Crippen molar-refractivity contribution >= 4 is 23.5 Å². The lowest BCUT2D eigenvalue weighted by atomic mass is 10.4. The van der Waals surface area contributed by atoms with Crippen LogP contribution >= 0.6 is 23.5 Å². The summed E-state index contributed by atoms with van der Waals surface area (Å²) in [7, 11) is 0. The molecule has 1 unspecified atom stereocenters. The summed E-state index contributed by atoms with van der Waals surface area (Å²) in [5.41, 5.74) is 0. The van der Waals surface area contributed by atoms with Gasteiger partial charge in [0.15, 0.2) is 0 Å². The summed E-state index contributed by atoms with van der Waals surface area (Å²) in [6.45, 7) is 4.98. The van der Waals surface area contributed by atoms with Crippen LogP contribution in [0.25, 0.3) is 0 Å². The maximum absolute atomic E-state index is 3.46. The van der Waals surface area contributed by atoms with E-state index in [0.717, 1.165) is 5.37 Å². The van der Waals surface area contributed by atoms with E-state index < -0.39 is 0 Å². The predicted octanol–water partition coefficient (Wildman–Crippen LogP) is 0.698. The molecule has 0 aromatic carbocycles. The Balaban J connectivity index is 1.80. The molecule has 70 valence electrons. The average Bonchev–Trinajstić information content (AvgIpc) is 2.21.